The van der Waals surface area contributed by atoms with Crippen LogP contribution < -0.4 is 0 Å². The summed E-state index contributed by atoms with van der Waals surface area (Å²) in [6.45, 7) is 3.41. The molecule has 0 amide bonds. The molecule has 0 aromatic carbocycles. The lowest BCUT2D eigenvalue weighted by atomic mass is 10.3. The average molecular weight is 296 g/mol. The standard InChI is InChI=1S/C12H16N4O3S/c1-4-9-20(17,18)19-10(11-13-5-7-15(11)2)12-14-6-8-16(12)3/h4-8,10H,1,9H2,2-3H3. The van der Waals surface area contributed by atoms with Crippen molar-refractivity contribution in [1.29, 1.82) is 0 Å². The van der Waals surface area contributed by atoms with Gasteiger partial charge in [-0.15, -0.1) is 6.58 Å². The Morgan fingerprint density at radius 1 is 1.25 bits per heavy atom. The van der Waals surface area contributed by atoms with Gasteiger partial charge in [0.15, 0.2) is 6.10 Å². The molecule has 0 unspecified atom stereocenters. The van der Waals surface area contributed by atoms with Crippen molar-refractivity contribution >= 4 is 10.1 Å². The Morgan fingerprint density at radius 2 is 1.75 bits per heavy atom. The minimum Gasteiger partial charge on any atom is -0.335 e. The normalized spacial score (nSPS) is 11.9. The number of imidazole rings is 2. The van der Waals surface area contributed by atoms with Crippen molar-refractivity contribution in [2.45, 2.75) is 6.10 Å². The largest absolute Gasteiger partial charge is 0.335 e. The van der Waals surface area contributed by atoms with Gasteiger partial charge in [-0.05, 0) is 0 Å². The summed E-state index contributed by atoms with van der Waals surface area (Å²) >= 11 is 0. The maximum Gasteiger partial charge on any atom is 0.272 e. The zero-order valence-corrected chi connectivity index (χ0v) is 12.1. The van der Waals surface area contributed by atoms with E-state index in [1.54, 1.807) is 48.0 Å². The highest BCUT2D eigenvalue weighted by molar-refractivity contribution is 7.86. The molecule has 2 aromatic rings. The molecule has 0 fully saturated rings. The molecule has 7 nitrogen and oxygen atoms in total. The molecule has 20 heavy (non-hydrogen) atoms. The van der Waals surface area contributed by atoms with Crippen LogP contribution in [0.2, 0.25) is 0 Å². The van der Waals surface area contributed by atoms with E-state index in [2.05, 4.69) is 16.5 Å². The van der Waals surface area contributed by atoms with Crippen LogP contribution in [0.3, 0.4) is 0 Å². The van der Waals surface area contributed by atoms with Crippen molar-refractivity contribution in [1.82, 2.24) is 19.1 Å². The van der Waals surface area contributed by atoms with Crippen LogP contribution in [0.1, 0.15) is 17.8 Å². The molecule has 0 saturated carbocycles. The third kappa shape index (κ3) is 2.97. The quantitative estimate of drug-likeness (QED) is 0.581. The average Bonchev–Trinajstić information content (AvgIpc) is 2.95. The maximum absolute atomic E-state index is 11.9. The monoisotopic (exact) mass is 296 g/mol. The van der Waals surface area contributed by atoms with Crippen LogP contribution in [0, 0.1) is 0 Å². The van der Waals surface area contributed by atoms with E-state index in [4.69, 9.17) is 4.18 Å². The first-order valence-corrected chi connectivity index (χ1v) is 7.48. The van der Waals surface area contributed by atoms with E-state index in [1.807, 2.05) is 0 Å². The Balaban J connectivity index is 2.44. The first kappa shape index (κ1) is 14.5. The van der Waals surface area contributed by atoms with Crippen LogP contribution in [0.5, 0.6) is 0 Å². The van der Waals surface area contributed by atoms with Crippen molar-refractivity contribution in [3.05, 3.63) is 49.1 Å². The van der Waals surface area contributed by atoms with E-state index in [-0.39, 0.29) is 5.75 Å². The molecule has 0 spiro atoms. The Hall–Kier alpha value is -1.93. The van der Waals surface area contributed by atoms with Crippen molar-refractivity contribution in [2.24, 2.45) is 14.1 Å². The number of nitrogens with zero attached hydrogens (tertiary/aromatic N) is 4. The van der Waals surface area contributed by atoms with Crippen molar-refractivity contribution in [3.63, 3.8) is 0 Å². The van der Waals surface area contributed by atoms with Crippen molar-refractivity contribution in [3.8, 4) is 0 Å². The zero-order chi connectivity index (χ0) is 14.8. The lowest BCUT2D eigenvalue weighted by Gasteiger charge is -2.16. The van der Waals surface area contributed by atoms with Gasteiger partial charge in [-0.25, -0.2) is 9.97 Å². The second-order valence-electron chi connectivity index (χ2n) is 4.28. The molecule has 0 aliphatic carbocycles. The Morgan fingerprint density at radius 3 is 2.10 bits per heavy atom. The first-order chi connectivity index (χ1) is 9.44. The van der Waals surface area contributed by atoms with Gasteiger partial charge >= 0.3 is 0 Å². The molecule has 2 aromatic heterocycles. The summed E-state index contributed by atoms with van der Waals surface area (Å²) in [5.74, 6) is 0.664. The molecule has 0 bridgehead atoms. The zero-order valence-electron chi connectivity index (χ0n) is 11.3. The van der Waals surface area contributed by atoms with Gasteiger partial charge in [0.25, 0.3) is 10.1 Å². The molecule has 0 atom stereocenters. The van der Waals surface area contributed by atoms with Crippen LogP contribution in [0.4, 0.5) is 0 Å². The minimum absolute atomic E-state index is 0.266. The van der Waals surface area contributed by atoms with E-state index in [0.29, 0.717) is 11.6 Å². The van der Waals surface area contributed by atoms with E-state index in [1.165, 1.54) is 6.08 Å². The van der Waals surface area contributed by atoms with Crippen LogP contribution in [0.25, 0.3) is 0 Å². The summed E-state index contributed by atoms with van der Waals surface area (Å²) in [7, 11) is -0.210. The Kier molecular flexibility index (Phi) is 4.05. The lowest BCUT2D eigenvalue weighted by Crippen LogP contribution is -2.20. The molecule has 2 rings (SSSR count). The summed E-state index contributed by atoms with van der Waals surface area (Å²) < 4.78 is 32.4. The summed E-state index contributed by atoms with van der Waals surface area (Å²) in [6, 6.07) is 0. The van der Waals surface area contributed by atoms with Gasteiger partial charge in [-0.2, -0.15) is 8.42 Å². The maximum atomic E-state index is 11.9. The molecule has 0 aliphatic heterocycles. The predicted molar refractivity (Wildman–Crippen MR) is 73.3 cm³/mol. The Labute approximate surface area is 117 Å². The van der Waals surface area contributed by atoms with Crippen molar-refractivity contribution in [2.75, 3.05) is 5.75 Å². The molecule has 0 saturated heterocycles. The van der Waals surface area contributed by atoms with E-state index >= 15 is 0 Å². The number of rotatable bonds is 6. The highest BCUT2D eigenvalue weighted by Crippen LogP contribution is 2.25. The third-order valence-electron chi connectivity index (χ3n) is 2.75. The topological polar surface area (TPSA) is 79.0 Å². The lowest BCUT2D eigenvalue weighted by molar-refractivity contribution is 0.227. The van der Waals surface area contributed by atoms with Gasteiger partial charge in [-0.1, -0.05) is 6.08 Å². The summed E-state index contributed by atoms with van der Waals surface area (Å²) in [5, 5.41) is 0. The summed E-state index contributed by atoms with van der Waals surface area (Å²) in [6.07, 6.45) is 6.98. The number of hydrogen-bond acceptors (Lipinski definition) is 5. The molecule has 2 heterocycles. The van der Waals surface area contributed by atoms with Crippen LogP contribution >= 0.6 is 0 Å². The smallest absolute Gasteiger partial charge is 0.272 e. The van der Waals surface area contributed by atoms with Gasteiger partial charge < -0.3 is 9.13 Å². The van der Waals surface area contributed by atoms with Gasteiger partial charge in [0.2, 0.25) is 0 Å². The Bertz CT molecular complexity index is 662. The SMILES string of the molecule is C=CCS(=O)(=O)OC(c1nccn1C)c1nccn1C. The number of aryl methyl sites for hydroxylation is 2. The highest BCUT2D eigenvalue weighted by atomic mass is 32.2. The molecule has 0 N–H and O–H groups in total. The number of aromatic nitrogens is 4. The minimum atomic E-state index is -3.74. The first-order valence-electron chi connectivity index (χ1n) is 5.91. The van der Waals surface area contributed by atoms with Crippen LogP contribution in [-0.4, -0.2) is 33.3 Å². The third-order valence-corrected chi connectivity index (χ3v) is 3.88. The van der Waals surface area contributed by atoms with Crippen LogP contribution in [-0.2, 0) is 28.4 Å². The second-order valence-corrected chi connectivity index (χ2v) is 5.92. The molecular weight excluding hydrogens is 280 g/mol. The van der Waals surface area contributed by atoms with Gasteiger partial charge in [-0.3, -0.25) is 4.18 Å². The van der Waals surface area contributed by atoms with Gasteiger partial charge in [0.05, 0.1) is 5.75 Å². The molecule has 0 radical (unpaired) electrons. The fourth-order valence-corrected chi connectivity index (χ4v) is 2.62. The molecule has 0 aliphatic rings. The fraction of sp³-hybridized carbons (Fsp3) is 0.333. The number of hydrogen-bond donors (Lipinski definition) is 0. The predicted octanol–water partition coefficient (Wildman–Crippen LogP) is 0.775. The molecule has 108 valence electrons. The van der Waals surface area contributed by atoms with Gasteiger partial charge in [0, 0.05) is 38.9 Å². The highest BCUT2D eigenvalue weighted by Gasteiger charge is 2.28. The molecular formula is C12H16N4O3S. The second kappa shape index (κ2) is 5.59. The van der Waals surface area contributed by atoms with Gasteiger partial charge in [0.1, 0.15) is 11.6 Å². The summed E-state index contributed by atoms with van der Waals surface area (Å²) in [5.41, 5.74) is 0. The molecule has 8 heteroatoms. The fourth-order valence-electron chi connectivity index (χ4n) is 1.79. The van der Waals surface area contributed by atoms with Crippen LogP contribution in [0.15, 0.2) is 37.4 Å². The summed E-state index contributed by atoms with van der Waals surface area (Å²) in [4.78, 5) is 8.30. The van der Waals surface area contributed by atoms with E-state index in [0.717, 1.165) is 0 Å². The van der Waals surface area contributed by atoms with E-state index in [9.17, 15) is 8.42 Å². The van der Waals surface area contributed by atoms with Crippen molar-refractivity contribution < 1.29 is 12.6 Å². The van der Waals surface area contributed by atoms with E-state index < -0.39 is 16.2 Å².